The summed E-state index contributed by atoms with van der Waals surface area (Å²) in [6, 6.07) is 5.39. The van der Waals surface area contributed by atoms with Gasteiger partial charge in [0.25, 0.3) is 0 Å². The van der Waals surface area contributed by atoms with Crippen molar-refractivity contribution in [1.82, 2.24) is 15.5 Å². The van der Waals surface area contributed by atoms with E-state index in [1.54, 1.807) is 4.90 Å². The van der Waals surface area contributed by atoms with Crippen LogP contribution >= 0.6 is 0 Å². The molecular formula is C18H25FN4O3. The number of amides is 4. The van der Waals surface area contributed by atoms with Gasteiger partial charge in [0.2, 0.25) is 0 Å². The van der Waals surface area contributed by atoms with Crippen LogP contribution in [-0.4, -0.2) is 48.9 Å². The summed E-state index contributed by atoms with van der Waals surface area (Å²) in [4.78, 5) is 37.1. The van der Waals surface area contributed by atoms with E-state index in [-0.39, 0.29) is 17.8 Å². The number of piperidine rings is 1. The number of carbonyl (C=O) groups is 3. The van der Waals surface area contributed by atoms with Crippen LogP contribution in [0.5, 0.6) is 0 Å². The first-order valence-electron chi connectivity index (χ1n) is 8.87. The van der Waals surface area contributed by atoms with Crippen molar-refractivity contribution in [3.05, 3.63) is 30.1 Å². The fourth-order valence-electron chi connectivity index (χ4n) is 2.71. The molecule has 1 aromatic rings. The summed E-state index contributed by atoms with van der Waals surface area (Å²) in [5, 5.41) is 7.91. The summed E-state index contributed by atoms with van der Waals surface area (Å²) in [6.07, 6.45) is 2.26. The molecule has 3 N–H and O–H groups in total. The lowest BCUT2D eigenvalue weighted by Gasteiger charge is -2.32. The highest BCUT2D eigenvalue weighted by molar-refractivity contribution is 6.35. The minimum absolute atomic E-state index is 0.224. The van der Waals surface area contributed by atoms with Crippen molar-refractivity contribution in [2.75, 3.05) is 31.5 Å². The molecule has 142 valence electrons. The Labute approximate surface area is 152 Å². The zero-order valence-electron chi connectivity index (χ0n) is 14.9. The molecule has 1 aliphatic rings. The largest absolute Gasteiger partial charge is 0.348 e. The van der Waals surface area contributed by atoms with Crippen molar-refractivity contribution >= 4 is 23.5 Å². The Morgan fingerprint density at radius 2 is 1.69 bits per heavy atom. The highest BCUT2D eigenvalue weighted by Gasteiger charge is 2.24. The molecule has 0 aromatic heterocycles. The standard InChI is InChI=1S/C18H25FN4O3/c1-2-9-20-16(24)17(25)21-12-13-7-10-23(11-8-13)18(26)22-15-5-3-14(19)4-6-15/h3-6,13H,2,7-12H2,1H3,(H,20,24)(H,21,25)(H,22,26). The molecule has 0 saturated carbocycles. The summed E-state index contributed by atoms with van der Waals surface area (Å²) < 4.78 is 12.9. The van der Waals surface area contributed by atoms with Gasteiger partial charge in [0.15, 0.2) is 0 Å². The van der Waals surface area contributed by atoms with Gasteiger partial charge < -0.3 is 20.9 Å². The number of hydrogen-bond acceptors (Lipinski definition) is 3. The minimum Gasteiger partial charge on any atom is -0.348 e. The smallest absolute Gasteiger partial charge is 0.321 e. The topological polar surface area (TPSA) is 90.5 Å². The lowest BCUT2D eigenvalue weighted by atomic mass is 9.97. The van der Waals surface area contributed by atoms with E-state index in [1.807, 2.05) is 6.92 Å². The van der Waals surface area contributed by atoms with E-state index in [2.05, 4.69) is 16.0 Å². The Morgan fingerprint density at radius 1 is 1.08 bits per heavy atom. The number of halogens is 1. The van der Waals surface area contributed by atoms with E-state index in [9.17, 15) is 18.8 Å². The van der Waals surface area contributed by atoms with Crippen LogP contribution in [0.2, 0.25) is 0 Å². The lowest BCUT2D eigenvalue weighted by Crippen LogP contribution is -2.45. The number of urea groups is 1. The van der Waals surface area contributed by atoms with Crippen molar-refractivity contribution in [3.63, 3.8) is 0 Å². The predicted octanol–water partition coefficient (Wildman–Crippen LogP) is 1.71. The van der Waals surface area contributed by atoms with Gasteiger partial charge in [-0.3, -0.25) is 9.59 Å². The maximum absolute atomic E-state index is 12.9. The number of carbonyl (C=O) groups excluding carboxylic acids is 3. The van der Waals surface area contributed by atoms with Crippen LogP contribution in [0.3, 0.4) is 0 Å². The summed E-state index contributed by atoms with van der Waals surface area (Å²) in [6.45, 7) is 3.95. The van der Waals surface area contributed by atoms with E-state index in [4.69, 9.17) is 0 Å². The second-order valence-electron chi connectivity index (χ2n) is 6.33. The SMILES string of the molecule is CCCNC(=O)C(=O)NCC1CCN(C(=O)Nc2ccc(F)cc2)CC1. The number of nitrogens with zero attached hydrogens (tertiary/aromatic N) is 1. The third-order valence-electron chi connectivity index (χ3n) is 4.29. The number of likely N-dealkylation sites (tertiary alicyclic amines) is 1. The van der Waals surface area contributed by atoms with Crippen LogP contribution in [0.15, 0.2) is 24.3 Å². The molecular weight excluding hydrogens is 339 g/mol. The predicted molar refractivity (Wildman–Crippen MR) is 96.0 cm³/mol. The van der Waals surface area contributed by atoms with Gasteiger partial charge in [-0.25, -0.2) is 9.18 Å². The first-order chi connectivity index (χ1) is 12.5. The highest BCUT2D eigenvalue weighted by Crippen LogP contribution is 2.18. The van der Waals surface area contributed by atoms with E-state index >= 15 is 0 Å². The Kier molecular flexibility index (Phi) is 7.37. The van der Waals surface area contributed by atoms with Crippen molar-refractivity contribution < 1.29 is 18.8 Å². The van der Waals surface area contributed by atoms with Gasteiger partial charge >= 0.3 is 17.8 Å². The molecule has 0 bridgehead atoms. The summed E-state index contributed by atoms with van der Waals surface area (Å²) in [5.74, 6) is -1.35. The molecule has 1 aliphatic heterocycles. The molecule has 8 heteroatoms. The van der Waals surface area contributed by atoms with Crippen LogP contribution in [0, 0.1) is 11.7 Å². The molecule has 0 spiro atoms. The normalized spacial score (nSPS) is 14.6. The molecule has 0 unspecified atom stereocenters. The van der Waals surface area contributed by atoms with E-state index in [0.717, 1.165) is 19.3 Å². The Hall–Kier alpha value is -2.64. The minimum atomic E-state index is -0.616. The molecule has 1 aromatic carbocycles. The molecule has 2 rings (SSSR count). The number of rotatable bonds is 5. The monoisotopic (exact) mass is 364 g/mol. The Morgan fingerprint density at radius 3 is 2.31 bits per heavy atom. The van der Waals surface area contributed by atoms with Crippen LogP contribution in [0.1, 0.15) is 26.2 Å². The maximum atomic E-state index is 12.9. The maximum Gasteiger partial charge on any atom is 0.321 e. The molecule has 26 heavy (non-hydrogen) atoms. The van der Waals surface area contributed by atoms with Crippen molar-refractivity contribution in [3.8, 4) is 0 Å². The third kappa shape index (κ3) is 6.02. The van der Waals surface area contributed by atoms with Gasteiger partial charge in [-0.05, 0) is 49.4 Å². The average Bonchev–Trinajstić information content (AvgIpc) is 2.66. The van der Waals surface area contributed by atoms with Crippen LogP contribution in [-0.2, 0) is 9.59 Å². The first kappa shape index (κ1) is 19.7. The zero-order chi connectivity index (χ0) is 18.9. The second-order valence-corrected chi connectivity index (χ2v) is 6.33. The van der Waals surface area contributed by atoms with Gasteiger partial charge in [-0.15, -0.1) is 0 Å². The van der Waals surface area contributed by atoms with Gasteiger partial charge in [0, 0.05) is 31.9 Å². The van der Waals surface area contributed by atoms with Gasteiger partial charge in [-0.2, -0.15) is 0 Å². The first-order valence-corrected chi connectivity index (χ1v) is 8.87. The van der Waals surface area contributed by atoms with Crippen molar-refractivity contribution in [2.24, 2.45) is 5.92 Å². The highest BCUT2D eigenvalue weighted by atomic mass is 19.1. The van der Waals surface area contributed by atoms with E-state index in [0.29, 0.717) is 31.9 Å². The summed E-state index contributed by atoms with van der Waals surface area (Å²) in [7, 11) is 0. The molecule has 0 radical (unpaired) electrons. The molecule has 4 amide bonds. The summed E-state index contributed by atoms with van der Waals surface area (Å²) >= 11 is 0. The summed E-state index contributed by atoms with van der Waals surface area (Å²) in [5.41, 5.74) is 0.545. The molecule has 0 atom stereocenters. The molecule has 1 heterocycles. The molecule has 1 saturated heterocycles. The molecule has 7 nitrogen and oxygen atoms in total. The van der Waals surface area contributed by atoms with Gasteiger partial charge in [-0.1, -0.05) is 6.92 Å². The Bertz CT molecular complexity index is 628. The van der Waals surface area contributed by atoms with Crippen LogP contribution < -0.4 is 16.0 Å². The number of anilines is 1. The number of nitrogens with one attached hydrogen (secondary N) is 3. The van der Waals surface area contributed by atoms with E-state index < -0.39 is 11.8 Å². The van der Waals surface area contributed by atoms with Gasteiger partial charge in [0.05, 0.1) is 0 Å². The zero-order valence-corrected chi connectivity index (χ0v) is 14.9. The number of hydrogen-bond donors (Lipinski definition) is 3. The Balaban J connectivity index is 1.69. The number of benzene rings is 1. The quantitative estimate of drug-likeness (QED) is 0.695. The fraction of sp³-hybridized carbons (Fsp3) is 0.500. The molecule has 0 aliphatic carbocycles. The van der Waals surface area contributed by atoms with Crippen LogP contribution in [0.4, 0.5) is 14.9 Å². The lowest BCUT2D eigenvalue weighted by molar-refractivity contribution is -0.139. The third-order valence-corrected chi connectivity index (χ3v) is 4.29. The van der Waals surface area contributed by atoms with Crippen molar-refractivity contribution in [1.29, 1.82) is 0 Å². The molecule has 1 fully saturated rings. The van der Waals surface area contributed by atoms with Crippen molar-refractivity contribution in [2.45, 2.75) is 26.2 Å². The fourth-order valence-corrected chi connectivity index (χ4v) is 2.71. The second kappa shape index (κ2) is 9.74. The average molecular weight is 364 g/mol. The van der Waals surface area contributed by atoms with Gasteiger partial charge in [0.1, 0.15) is 5.82 Å². The van der Waals surface area contributed by atoms with Crippen LogP contribution in [0.25, 0.3) is 0 Å². The van der Waals surface area contributed by atoms with E-state index in [1.165, 1.54) is 24.3 Å².